The molecule has 0 aliphatic carbocycles. The van der Waals surface area contributed by atoms with Crippen LogP contribution < -0.4 is 15.5 Å². The lowest BCUT2D eigenvalue weighted by molar-refractivity contribution is -0.385. The number of nitro benzene ring substituents is 1. The number of benzene rings is 4. The number of para-hydroxylation sites is 1. The summed E-state index contributed by atoms with van der Waals surface area (Å²) in [5.41, 5.74) is 2.06. The minimum Gasteiger partial charge on any atom is -0.321 e. The number of nitrogens with one attached hydrogen (secondary N) is 2. The van der Waals surface area contributed by atoms with Gasteiger partial charge in [-0.1, -0.05) is 56.3 Å². The van der Waals surface area contributed by atoms with Gasteiger partial charge in [0.15, 0.2) is 0 Å². The molecule has 4 aromatic rings. The number of nitrogens with zero attached hydrogens (tertiary/aromatic N) is 2. The summed E-state index contributed by atoms with van der Waals surface area (Å²) in [5, 5.41) is 16.3. The molecule has 4 amide bonds. The Hall–Kier alpha value is -5.55. The van der Waals surface area contributed by atoms with Crippen LogP contribution in [0.15, 0.2) is 114 Å². The highest BCUT2D eigenvalue weighted by molar-refractivity contribution is 8.00. The monoisotopic (exact) mass is 634 g/mol. The van der Waals surface area contributed by atoms with Gasteiger partial charge in [-0.2, -0.15) is 0 Å². The molecular formula is C35H30N4O6S. The van der Waals surface area contributed by atoms with Gasteiger partial charge in [0, 0.05) is 28.6 Å². The number of carbonyl (C=O) groups is 4. The van der Waals surface area contributed by atoms with E-state index in [0.717, 1.165) is 5.56 Å². The van der Waals surface area contributed by atoms with Gasteiger partial charge < -0.3 is 10.6 Å². The van der Waals surface area contributed by atoms with E-state index in [-0.39, 0.29) is 35.2 Å². The average molecular weight is 635 g/mol. The SMILES string of the molecule is CC(C)c1ccc(N2C(=O)CC(Sc3ccc(NC(=O)/C(=C\c4ccccc4[N+](=O)[O-])NC(=O)c4ccccc4)cc3)C2=O)cc1. The van der Waals surface area contributed by atoms with Crippen molar-refractivity contribution < 1.29 is 24.1 Å². The van der Waals surface area contributed by atoms with Crippen LogP contribution in [0.4, 0.5) is 17.1 Å². The molecule has 0 aromatic heterocycles. The molecule has 1 atom stereocenters. The fourth-order valence-corrected chi connectivity index (χ4v) is 5.88. The van der Waals surface area contributed by atoms with Crippen molar-refractivity contribution in [2.24, 2.45) is 0 Å². The summed E-state index contributed by atoms with van der Waals surface area (Å²) in [6.45, 7) is 4.14. The molecule has 46 heavy (non-hydrogen) atoms. The van der Waals surface area contributed by atoms with Crippen LogP contribution in [0.3, 0.4) is 0 Å². The molecule has 1 fully saturated rings. The van der Waals surface area contributed by atoms with Crippen molar-refractivity contribution in [3.8, 4) is 0 Å². The molecule has 1 aliphatic heterocycles. The number of amides is 4. The summed E-state index contributed by atoms with van der Waals surface area (Å²) < 4.78 is 0. The second kappa shape index (κ2) is 14.0. The first-order valence-corrected chi connectivity index (χ1v) is 15.3. The third-order valence-electron chi connectivity index (χ3n) is 7.28. The molecule has 5 rings (SSSR count). The van der Waals surface area contributed by atoms with Gasteiger partial charge in [0.1, 0.15) is 5.70 Å². The van der Waals surface area contributed by atoms with Crippen molar-refractivity contribution >= 4 is 58.5 Å². The standard InChI is InChI=1S/C35H30N4O6S/c1-22(2)23-12-16-27(17-13-23)38-32(40)21-31(35(38)43)46-28-18-14-26(15-19-28)36-34(42)29(37-33(41)24-8-4-3-5-9-24)20-25-10-6-7-11-30(25)39(44)45/h3-20,22,31H,21H2,1-2H3,(H,36,42)(H,37,41)/b29-20+. The lowest BCUT2D eigenvalue weighted by atomic mass is 10.0. The van der Waals surface area contributed by atoms with Gasteiger partial charge in [-0.3, -0.25) is 29.3 Å². The zero-order valence-electron chi connectivity index (χ0n) is 25.0. The summed E-state index contributed by atoms with van der Waals surface area (Å²) in [6.07, 6.45) is 1.32. The second-order valence-corrected chi connectivity index (χ2v) is 12.1. The fourth-order valence-electron chi connectivity index (χ4n) is 4.83. The van der Waals surface area contributed by atoms with Crippen LogP contribution in [0.2, 0.25) is 0 Å². The Morgan fingerprint density at radius 3 is 2.22 bits per heavy atom. The maximum Gasteiger partial charge on any atom is 0.276 e. The molecule has 1 aliphatic rings. The summed E-state index contributed by atoms with van der Waals surface area (Å²) >= 11 is 1.26. The smallest absolute Gasteiger partial charge is 0.276 e. The molecule has 2 N–H and O–H groups in total. The van der Waals surface area contributed by atoms with E-state index < -0.39 is 22.0 Å². The van der Waals surface area contributed by atoms with Gasteiger partial charge in [0.2, 0.25) is 11.8 Å². The summed E-state index contributed by atoms with van der Waals surface area (Å²) in [4.78, 5) is 65.2. The van der Waals surface area contributed by atoms with Crippen LogP contribution >= 0.6 is 11.8 Å². The second-order valence-electron chi connectivity index (χ2n) is 10.8. The lowest BCUT2D eigenvalue weighted by Crippen LogP contribution is -2.31. The number of hydrogen-bond donors (Lipinski definition) is 2. The number of anilines is 2. The highest BCUT2D eigenvalue weighted by Gasteiger charge is 2.40. The van der Waals surface area contributed by atoms with E-state index >= 15 is 0 Å². The summed E-state index contributed by atoms with van der Waals surface area (Å²) in [7, 11) is 0. The van der Waals surface area contributed by atoms with Crippen LogP contribution in [0.5, 0.6) is 0 Å². The Kier molecular flexibility index (Phi) is 9.73. The quantitative estimate of drug-likeness (QED) is 0.0873. The lowest BCUT2D eigenvalue weighted by Gasteiger charge is -2.16. The van der Waals surface area contributed by atoms with Crippen molar-refractivity contribution in [1.82, 2.24) is 5.32 Å². The minimum atomic E-state index is -0.696. The van der Waals surface area contributed by atoms with Crippen molar-refractivity contribution in [2.75, 3.05) is 10.2 Å². The molecule has 11 heteroatoms. The van der Waals surface area contributed by atoms with E-state index in [1.54, 1.807) is 72.8 Å². The predicted molar refractivity (Wildman–Crippen MR) is 177 cm³/mol. The van der Waals surface area contributed by atoms with Gasteiger partial charge >= 0.3 is 0 Å². The van der Waals surface area contributed by atoms with E-state index in [4.69, 9.17) is 0 Å². The first-order chi connectivity index (χ1) is 22.1. The van der Waals surface area contributed by atoms with Crippen LogP contribution in [0, 0.1) is 10.1 Å². The topological polar surface area (TPSA) is 139 Å². The third-order valence-corrected chi connectivity index (χ3v) is 8.47. The largest absolute Gasteiger partial charge is 0.321 e. The predicted octanol–water partition coefficient (Wildman–Crippen LogP) is 6.55. The maximum absolute atomic E-state index is 13.4. The number of hydrogen-bond acceptors (Lipinski definition) is 7. The van der Waals surface area contributed by atoms with E-state index in [0.29, 0.717) is 27.8 Å². The van der Waals surface area contributed by atoms with Crippen LogP contribution in [-0.4, -0.2) is 33.8 Å². The Labute approximate surface area is 269 Å². The Morgan fingerprint density at radius 2 is 1.57 bits per heavy atom. The number of rotatable bonds is 10. The molecule has 232 valence electrons. The van der Waals surface area contributed by atoms with Crippen molar-refractivity contribution in [1.29, 1.82) is 0 Å². The molecule has 1 heterocycles. The van der Waals surface area contributed by atoms with E-state index in [1.807, 2.05) is 12.1 Å². The van der Waals surface area contributed by atoms with Gasteiger partial charge in [-0.05, 0) is 72.2 Å². The van der Waals surface area contributed by atoms with Gasteiger partial charge in [-0.25, -0.2) is 4.90 Å². The summed E-state index contributed by atoms with van der Waals surface area (Å²) in [6, 6.07) is 28.2. The first kappa shape index (κ1) is 31.9. The van der Waals surface area contributed by atoms with E-state index in [9.17, 15) is 29.3 Å². The Balaban J connectivity index is 1.30. The highest BCUT2D eigenvalue weighted by Crippen LogP contribution is 2.35. The number of thioether (sulfide) groups is 1. The molecule has 0 radical (unpaired) electrons. The van der Waals surface area contributed by atoms with Crippen molar-refractivity contribution in [3.63, 3.8) is 0 Å². The van der Waals surface area contributed by atoms with E-state index in [2.05, 4.69) is 24.5 Å². The van der Waals surface area contributed by atoms with Crippen LogP contribution in [0.1, 0.15) is 47.7 Å². The van der Waals surface area contributed by atoms with Gasteiger partial charge in [-0.15, -0.1) is 11.8 Å². The van der Waals surface area contributed by atoms with Gasteiger partial charge in [0.05, 0.1) is 21.4 Å². The Bertz CT molecular complexity index is 1820. The van der Waals surface area contributed by atoms with Crippen LogP contribution in [0.25, 0.3) is 6.08 Å². The van der Waals surface area contributed by atoms with Gasteiger partial charge in [0.25, 0.3) is 17.5 Å². The molecular weight excluding hydrogens is 604 g/mol. The zero-order chi connectivity index (χ0) is 32.8. The molecule has 10 nitrogen and oxygen atoms in total. The molecule has 0 bridgehead atoms. The maximum atomic E-state index is 13.4. The molecule has 0 spiro atoms. The van der Waals surface area contributed by atoms with Crippen LogP contribution in [-0.2, 0) is 14.4 Å². The number of imide groups is 1. The molecule has 0 saturated carbocycles. The Morgan fingerprint density at radius 1 is 0.913 bits per heavy atom. The van der Waals surface area contributed by atoms with Crippen molar-refractivity contribution in [3.05, 3.63) is 136 Å². The third kappa shape index (κ3) is 7.39. The van der Waals surface area contributed by atoms with Crippen molar-refractivity contribution in [2.45, 2.75) is 36.3 Å². The first-order valence-electron chi connectivity index (χ1n) is 14.5. The average Bonchev–Trinajstić information content (AvgIpc) is 3.33. The summed E-state index contributed by atoms with van der Waals surface area (Å²) in [5.74, 6) is -1.48. The molecule has 1 unspecified atom stereocenters. The number of carbonyl (C=O) groups excluding carboxylic acids is 4. The fraction of sp³-hybridized carbons (Fsp3) is 0.143. The highest BCUT2D eigenvalue weighted by atomic mass is 32.2. The zero-order valence-corrected chi connectivity index (χ0v) is 25.8. The van der Waals surface area contributed by atoms with E-state index in [1.165, 1.54) is 40.9 Å². The minimum absolute atomic E-state index is 0.0643. The molecule has 4 aromatic carbocycles. The molecule has 1 saturated heterocycles. The normalized spacial score (nSPS) is 14.8. The number of nitro groups is 1.